The Hall–Kier alpha value is -1.88. The summed E-state index contributed by atoms with van der Waals surface area (Å²) in [4.78, 5) is 0. The lowest BCUT2D eigenvalue weighted by molar-refractivity contribution is 0.775. The molecule has 0 bridgehead atoms. The molecule has 1 aromatic heterocycles. The Morgan fingerprint density at radius 2 is 2.00 bits per heavy atom. The minimum absolute atomic E-state index is 0.547. The van der Waals surface area contributed by atoms with Gasteiger partial charge in [0.05, 0.1) is 6.20 Å². The number of aryl methyl sites for hydroxylation is 2. The molecule has 118 valence electrons. The van der Waals surface area contributed by atoms with Crippen molar-refractivity contribution in [2.75, 3.05) is 11.9 Å². The lowest BCUT2D eigenvalue weighted by atomic mass is 10.0. The van der Waals surface area contributed by atoms with E-state index in [1.54, 1.807) is 0 Å². The van der Waals surface area contributed by atoms with Crippen LogP contribution in [0.1, 0.15) is 43.0 Å². The van der Waals surface area contributed by atoms with Crippen molar-refractivity contribution < 1.29 is 0 Å². The number of nitrogens with one attached hydrogen (secondary N) is 3. The minimum atomic E-state index is 0.547. The number of aromatic nitrogens is 2. The summed E-state index contributed by atoms with van der Waals surface area (Å²) < 4.78 is 0. The van der Waals surface area contributed by atoms with Crippen LogP contribution in [0, 0.1) is 6.92 Å². The molecule has 1 heterocycles. The summed E-state index contributed by atoms with van der Waals surface area (Å²) in [5.41, 5.74) is 4.77. The molecule has 0 atom stereocenters. The number of nitrogens with zero attached hydrogens (tertiary/aromatic N) is 1. The van der Waals surface area contributed by atoms with E-state index in [0.717, 1.165) is 30.8 Å². The first kappa shape index (κ1) is 16.5. The van der Waals surface area contributed by atoms with Gasteiger partial charge in [-0.25, -0.2) is 0 Å². The Bertz CT molecular complexity index is 601. The molecular weight excluding hydrogens is 292 g/mol. The second-order valence-electron chi connectivity index (χ2n) is 5.78. The van der Waals surface area contributed by atoms with E-state index in [2.05, 4.69) is 58.9 Å². The van der Waals surface area contributed by atoms with E-state index >= 15 is 0 Å². The molecule has 4 nitrogen and oxygen atoms in total. The third-order valence-electron chi connectivity index (χ3n) is 3.68. The number of aromatic amines is 1. The van der Waals surface area contributed by atoms with Gasteiger partial charge in [-0.1, -0.05) is 26.0 Å². The highest BCUT2D eigenvalue weighted by molar-refractivity contribution is 7.80. The number of benzene rings is 1. The summed E-state index contributed by atoms with van der Waals surface area (Å²) in [6, 6.07) is 8.41. The number of thiocarbonyl (C=S) groups is 1. The average Bonchev–Trinajstić information content (AvgIpc) is 2.89. The summed E-state index contributed by atoms with van der Waals surface area (Å²) >= 11 is 5.32. The van der Waals surface area contributed by atoms with Gasteiger partial charge in [0.15, 0.2) is 5.11 Å². The molecule has 2 rings (SSSR count). The Balaban J connectivity index is 1.70. The zero-order valence-electron chi connectivity index (χ0n) is 13.4. The van der Waals surface area contributed by atoms with Gasteiger partial charge in [-0.05, 0) is 61.2 Å². The number of hydrogen-bond donors (Lipinski definition) is 3. The maximum Gasteiger partial charge on any atom is 0.170 e. The van der Waals surface area contributed by atoms with Crippen LogP contribution in [-0.4, -0.2) is 21.9 Å². The molecule has 3 N–H and O–H groups in total. The summed E-state index contributed by atoms with van der Waals surface area (Å²) in [5, 5.41) is 14.1. The van der Waals surface area contributed by atoms with Gasteiger partial charge in [-0.3, -0.25) is 5.10 Å². The Morgan fingerprint density at radius 3 is 2.59 bits per heavy atom. The second kappa shape index (κ2) is 7.94. The van der Waals surface area contributed by atoms with Crippen LogP contribution in [0.4, 0.5) is 5.69 Å². The normalized spacial score (nSPS) is 10.7. The molecule has 2 aromatic rings. The van der Waals surface area contributed by atoms with Crippen LogP contribution >= 0.6 is 12.2 Å². The molecule has 0 spiro atoms. The Labute approximate surface area is 137 Å². The maximum atomic E-state index is 5.32. The summed E-state index contributed by atoms with van der Waals surface area (Å²) in [6.45, 7) is 7.27. The van der Waals surface area contributed by atoms with Crippen molar-refractivity contribution in [1.82, 2.24) is 15.5 Å². The van der Waals surface area contributed by atoms with Gasteiger partial charge in [0.1, 0.15) is 0 Å². The van der Waals surface area contributed by atoms with Crippen molar-refractivity contribution in [2.45, 2.75) is 39.5 Å². The average molecular weight is 316 g/mol. The first-order valence-corrected chi connectivity index (χ1v) is 8.10. The molecule has 0 amide bonds. The Kier molecular flexibility index (Phi) is 5.95. The van der Waals surface area contributed by atoms with E-state index in [4.69, 9.17) is 12.2 Å². The van der Waals surface area contributed by atoms with Gasteiger partial charge < -0.3 is 10.6 Å². The first-order valence-electron chi connectivity index (χ1n) is 7.70. The van der Waals surface area contributed by atoms with Crippen molar-refractivity contribution >= 4 is 23.0 Å². The first-order chi connectivity index (χ1) is 10.6. The van der Waals surface area contributed by atoms with Crippen molar-refractivity contribution in [3.05, 3.63) is 47.3 Å². The molecule has 0 unspecified atom stereocenters. The molecule has 0 saturated carbocycles. The topological polar surface area (TPSA) is 52.7 Å². The monoisotopic (exact) mass is 316 g/mol. The van der Waals surface area contributed by atoms with E-state index in [0.29, 0.717) is 11.0 Å². The van der Waals surface area contributed by atoms with E-state index in [1.165, 1.54) is 11.1 Å². The molecule has 0 saturated heterocycles. The maximum absolute atomic E-state index is 5.32. The van der Waals surface area contributed by atoms with Gasteiger partial charge >= 0.3 is 0 Å². The molecular formula is C17H24N4S. The van der Waals surface area contributed by atoms with Crippen LogP contribution in [0.25, 0.3) is 0 Å². The summed E-state index contributed by atoms with van der Waals surface area (Å²) in [6.07, 6.45) is 3.91. The van der Waals surface area contributed by atoms with E-state index < -0.39 is 0 Å². The molecule has 0 radical (unpaired) electrons. The van der Waals surface area contributed by atoms with E-state index in [9.17, 15) is 0 Å². The van der Waals surface area contributed by atoms with Crippen molar-refractivity contribution in [3.8, 4) is 0 Å². The minimum Gasteiger partial charge on any atom is -0.362 e. The quantitative estimate of drug-likeness (QED) is 0.561. The zero-order valence-corrected chi connectivity index (χ0v) is 14.3. The predicted molar refractivity (Wildman–Crippen MR) is 96.4 cm³/mol. The zero-order chi connectivity index (χ0) is 15.9. The van der Waals surface area contributed by atoms with E-state index in [1.807, 2.05) is 13.1 Å². The smallest absolute Gasteiger partial charge is 0.170 e. The van der Waals surface area contributed by atoms with Crippen LogP contribution < -0.4 is 10.6 Å². The van der Waals surface area contributed by atoms with Gasteiger partial charge in [-0.15, -0.1) is 0 Å². The molecule has 0 aliphatic carbocycles. The van der Waals surface area contributed by atoms with Crippen LogP contribution in [0.15, 0.2) is 30.5 Å². The number of hydrogen-bond acceptors (Lipinski definition) is 2. The molecule has 22 heavy (non-hydrogen) atoms. The van der Waals surface area contributed by atoms with Crippen LogP contribution in [0.5, 0.6) is 0 Å². The van der Waals surface area contributed by atoms with Gasteiger partial charge in [-0.2, -0.15) is 5.10 Å². The van der Waals surface area contributed by atoms with Gasteiger partial charge in [0.25, 0.3) is 0 Å². The van der Waals surface area contributed by atoms with Crippen molar-refractivity contribution in [2.24, 2.45) is 0 Å². The number of rotatable bonds is 6. The fourth-order valence-corrected chi connectivity index (χ4v) is 2.46. The lowest BCUT2D eigenvalue weighted by Crippen LogP contribution is -2.29. The van der Waals surface area contributed by atoms with Gasteiger partial charge in [0, 0.05) is 17.9 Å². The predicted octanol–water partition coefficient (Wildman–Crippen LogP) is 3.76. The summed E-state index contributed by atoms with van der Waals surface area (Å²) in [7, 11) is 0. The third-order valence-corrected chi connectivity index (χ3v) is 3.92. The standard InChI is InChI=1S/C17H24N4S/c1-12(2)14-6-8-16(9-7-14)20-17(22)18-10-4-5-15-11-19-21-13(15)3/h6-9,11-12H,4-5,10H2,1-3H3,(H,19,21)(H2,18,20,22). The van der Waals surface area contributed by atoms with Gasteiger partial charge in [0.2, 0.25) is 0 Å². The Morgan fingerprint density at radius 1 is 1.27 bits per heavy atom. The number of H-pyrrole nitrogens is 1. The fourth-order valence-electron chi connectivity index (χ4n) is 2.24. The highest BCUT2D eigenvalue weighted by Gasteiger charge is 2.02. The van der Waals surface area contributed by atoms with Crippen LogP contribution in [0.2, 0.25) is 0 Å². The van der Waals surface area contributed by atoms with Crippen LogP contribution in [-0.2, 0) is 6.42 Å². The second-order valence-corrected chi connectivity index (χ2v) is 6.19. The SMILES string of the molecule is Cc1[nH]ncc1CCCNC(=S)Nc1ccc(C(C)C)cc1. The number of anilines is 1. The summed E-state index contributed by atoms with van der Waals surface area (Å²) in [5.74, 6) is 0.547. The molecule has 0 fully saturated rings. The molecule has 1 aromatic carbocycles. The lowest BCUT2D eigenvalue weighted by Gasteiger charge is -2.11. The fraction of sp³-hybridized carbons (Fsp3) is 0.412. The van der Waals surface area contributed by atoms with Crippen molar-refractivity contribution in [1.29, 1.82) is 0 Å². The third kappa shape index (κ3) is 4.84. The molecule has 0 aliphatic heterocycles. The highest BCUT2D eigenvalue weighted by Crippen LogP contribution is 2.17. The van der Waals surface area contributed by atoms with E-state index in [-0.39, 0.29) is 0 Å². The largest absolute Gasteiger partial charge is 0.362 e. The molecule has 0 aliphatic rings. The van der Waals surface area contributed by atoms with Crippen LogP contribution in [0.3, 0.4) is 0 Å². The molecule has 5 heteroatoms. The highest BCUT2D eigenvalue weighted by atomic mass is 32.1. The van der Waals surface area contributed by atoms with Crippen molar-refractivity contribution in [3.63, 3.8) is 0 Å².